The maximum absolute atomic E-state index is 13.0. The lowest BCUT2D eigenvalue weighted by molar-refractivity contribution is 0.0701. The molecule has 0 spiro atoms. The first-order valence-electron chi connectivity index (χ1n) is 8.83. The van der Waals surface area contributed by atoms with Crippen molar-refractivity contribution in [2.45, 2.75) is 52.0 Å². The van der Waals surface area contributed by atoms with E-state index in [9.17, 15) is 4.79 Å². The quantitative estimate of drug-likeness (QED) is 0.847. The van der Waals surface area contributed by atoms with Gasteiger partial charge in [0, 0.05) is 44.1 Å². The maximum Gasteiger partial charge on any atom is 0.257 e. The van der Waals surface area contributed by atoms with Crippen LogP contribution in [0.4, 0.5) is 0 Å². The van der Waals surface area contributed by atoms with Gasteiger partial charge in [0.1, 0.15) is 12.2 Å². The Morgan fingerprint density at radius 1 is 1.33 bits per heavy atom. The van der Waals surface area contributed by atoms with Crippen molar-refractivity contribution in [3.63, 3.8) is 0 Å². The predicted molar refractivity (Wildman–Crippen MR) is 91.8 cm³/mol. The summed E-state index contributed by atoms with van der Waals surface area (Å²) in [6.07, 6.45) is 10.9. The first-order chi connectivity index (χ1) is 11.7. The summed E-state index contributed by atoms with van der Waals surface area (Å²) in [5.74, 6) is 1.45. The van der Waals surface area contributed by atoms with Crippen LogP contribution in [0.3, 0.4) is 0 Å². The number of nitrogens with zero attached hydrogens (tertiary/aromatic N) is 5. The molecule has 24 heavy (non-hydrogen) atoms. The highest BCUT2D eigenvalue weighted by Gasteiger charge is 2.29. The van der Waals surface area contributed by atoms with E-state index in [4.69, 9.17) is 0 Å². The van der Waals surface area contributed by atoms with Crippen LogP contribution in [0.25, 0.3) is 0 Å². The number of amides is 1. The van der Waals surface area contributed by atoms with Crippen molar-refractivity contribution in [2.24, 2.45) is 0 Å². The third-order valence-electron chi connectivity index (χ3n) is 4.67. The van der Waals surface area contributed by atoms with Gasteiger partial charge in [0.2, 0.25) is 0 Å². The minimum atomic E-state index is 0.0540. The summed E-state index contributed by atoms with van der Waals surface area (Å²) in [5.41, 5.74) is 1.51. The fourth-order valence-electron chi connectivity index (χ4n) is 3.46. The van der Waals surface area contributed by atoms with E-state index >= 15 is 0 Å². The number of hydrogen-bond donors (Lipinski definition) is 0. The van der Waals surface area contributed by atoms with Gasteiger partial charge in [-0.1, -0.05) is 13.3 Å². The van der Waals surface area contributed by atoms with Gasteiger partial charge in [-0.2, -0.15) is 0 Å². The summed E-state index contributed by atoms with van der Waals surface area (Å²) >= 11 is 0. The Morgan fingerprint density at radius 3 is 3.00 bits per heavy atom. The van der Waals surface area contributed by atoms with Crippen LogP contribution in [0.2, 0.25) is 0 Å². The number of likely N-dealkylation sites (tertiary alicyclic amines) is 1. The van der Waals surface area contributed by atoms with Gasteiger partial charge in [-0.15, -0.1) is 0 Å². The van der Waals surface area contributed by atoms with E-state index in [0.717, 1.165) is 56.8 Å². The number of aromatic nitrogens is 4. The molecule has 1 fully saturated rings. The van der Waals surface area contributed by atoms with Gasteiger partial charge < -0.3 is 9.47 Å². The summed E-state index contributed by atoms with van der Waals surface area (Å²) < 4.78 is 2.17. The lowest BCUT2D eigenvalue weighted by Gasteiger charge is -2.33. The smallest absolute Gasteiger partial charge is 0.257 e. The van der Waals surface area contributed by atoms with Crippen LogP contribution < -0.4 is 0 Å². The minimum absolute atomic E-state index is 0.0540. The molecule has 0 bridgehead atoms. The number of carbonyl (C=O) groups is 1. The van der Waals surface area contributed by atoms with Crippen molar-refractivity contribution in [3.8, 4) is 0 Å². The average Bonchev–Trinajstić information content (AvgIpc) is 3.11. The first kappa shape index (κ1) is 16.6. The van der Waals surface area contributed by atoms with Crippen LogP contribution in [-0.4, -0.2) is 43.4 Å². The van der Waals surface area contributed by atoms with Crippen molar-refractivity contribution in [1.82, 2.24) is 24.4 Å². The standard InChI is InChI=1S/C18H25N5O/c1-3-6-16-15(11-19-13-21-16)18(24)23-9-5-7-14(12-23)17-20-8-10-22(17)4-2/h8,10-11,13-14H,3-7,9,12H2,1-2H3. The SMILES string of the molecule is CCCc1ncncc1C(=O)N1CCCC(c2nccn2CC)C1. The molecule has 0 saturated carbocycles. The van der Waals surface area contributed by atoms with Crippen LogP contribution in [-0.2, 0) is 13.0 Å². The molecule has 0 aromatic carbocycles. The van der Waals surface area contributed by atoms with Gasteiger partial charge in [0.15, 0.2) is 0 Å². The molecule has 1 atom stereocenters. The van der Waals surface area contributed by atoms with E-state index in [1.165, 1.54) is 6.33 Å². The fraction of sp³-hybridized carbons (Fsp3) is 0.556. The number of aryl methyl sites for hydroxylation is 2. The van der Waals surface area contributed by atoms with Crippen molar-refractivity contribution in [1.29, 1.82) is 0 Å². The van der Waals surface area contributed by atoms with Gasteiger partial charge in [0.05, 0.1) is 11.3 Å². The number of piperidine rings is 1. The number of rotatable bonds is 5. The molecule has 1 unspecified atom stereocenters. The first-order valence-corrected chi connectivity index (χ1v) is 8.83. The summed E-state index contributed by atoms with van der Waals surface area (Å²) in [6.45, 7) is 6.64. The van der Waals surface area contributed by atoms with E-state index in [2.05, 4.69) is 33.4 Å². The molecule has 0 aliphatic carbocycles. The van der Waals surface area contributed by atoms with E-state index in [1.807, 2.05) is 17.3 Å². The van der Waals surface area contributed by atoms with Crippen molar-refractivity contribution >= 4 is 5.91 Å². The van der Waals surface area contributed by atoms with Crippen LogP contribution >= 0.6 is 0 Å². The highest BCUT2D eigenvalue weighted by molar-refractivity contribution is 5.95. The van der Waals surface area contributed by atoms with Crippen LogP contribution in [0, 0.1) is 0 Å². The molecule has 3 heterocycles. The van der Waals surface area contributed by atoms with Gasteiger partial charge >= 0.3 is 0 Å². The zero-order valence-electron chi connectivity index (χ0n) is 14.5. The molecule has 6 nitrogen and oxygen atoms in total. The molecule has 2 aromatic rings. The topological polar surface area (TPSA) is 63.9 Å². The number of carbonyl (C=O) groups excluding carboxylic acids is 1. The van der Waals surface area contributed by atoms with Crippen LogP contribution in [0.1, 0.15) is 60.9 Å². The summed E-state index contributed by atoms with van der Waals surface area (Å²) in [5, 5.41) is 0. The Morgan fingerprint density at radius 2 is 2.21 bits per heavy atom. The Balaban J connectivity index is 1.79. The third-order valence-corrected chi connectivity index (χ3v) is 4.67. The normalized spacial score (nSPS) is 17.9. The van der Waals surface area contributed by atoms with Crippen molar-refractivity contribution < 1.29 is 4.79 Å². The Kier molecular flexibility index (Phi) is 5.23. The molecule has 1 amide bonds. The molecule has 128 valence electrons. The highest BCUT2D eigenvalue weighted by Crippen LogP contribution is 2.27. The van der Waals surface area contributed by atoms with Crippen molar-refractivity contribution in [3.05, 3.63) is 42.0 Å². The second kappa shape index (κ2) is 7.55. The summed E-state index contributed by atoms with van der Waals surface area (Å²) in [6, 6.07) is 0. The van der Waals surface area contributed by atoms with Crippen LogP contribution in [0.5, 0.6) is 0 Å². The molecule has 3 rings (SSSR count). The van der Waals surface area contributed by atoms with E-state index in [0.29, 0.717) is 11.5 Å². The number of hydrogen-bond acceptors (Lipinski definition) is 4. The molecule has 0 N–H and O–H groups in total. The van der Waals surface area contributed by atoms with E-state index in [-0.39, 0.29) is 5.91 Å². The molecule has 1 aliphatic heterocycles. The molecular weight excluding hydrogens is 302 g/mol. The second-order valence-corrected chi connectivity index (χ2v) is 6.29. The maximum atomic E-state index is 13.0. The summed E-state index contributed by atoms with van der Waals surface area (Å²) in [7, 11) is 0. The van der Waals surface area contributed by atoms with Gasteiger partial charge in [-0.25, -0.2) is 15.0 Å². The summed E-state index contributed by atoms with van der Waals surface area (Å²) in [4.78, 5) is 27.8. The third kappa shape index (κ3) is 3.32. The van der Waals surface area contributed by atoms with E-state index < -0.39 is 0 Å². The molecule has 6 heteroatoms. The van der Waals surface area contributed by atoms with E-state index in [1.54, 1.807) is 6.20 Å². The van der Waals surface area contributed by atoms with Gasteiger partial charge in [-0.05, 0) is 26.2 Å². The molecule has 1 aliphatic rings. The fourth-order valence-corrected chi connectivity index (χ4v) is 3.46. The average molecular weight is 327 g/mol. The lowest BCUT2D eigenvalue weighted by Crippen LogP contribution is -2.40. The Labute approximate surface area is 142 Å². The minimum Gasteiger partial charge on any atom is -0.338 e. The monoisotopic (exact) mass is 327 g/mol. The molecule has 0 radical (unpaired) electrons. The zero-order chi connectivity index (χ0) is 16.9. The van der Waals surface area contributed by atoms with Gasteiger partial charge in [0.25, 0.3) is 5.91 Å². The zero-order valence-corrected chi connectivity index (χ0v) is 14.5. The molecular formula is C18H25N5O. The highest BCUT2D eigenvalue weighted by atomic mass is 16.2. The molecule has 2 aromatic heterocycles. The van der Waals surface area contributed by atoms with Gasteiger partial charge in [-0.3, -0.25) is 4.79 Å². The number of imidazole rings is 1. The second-order valence-electron chi connectivity index (χ2n) is 6.29. The Bertz CT molecular complexity index is 696. The Hall–Kier alpha value is -2.24. The van der Waals surface area contributed by atoms with Crippen molar-refractivity contribution in [2.75, 3.05) is 13.1 Å². The lowest BCUT2D eigenvalue weighted by atomic mass is 9.96. The van der Waals surface area contributed by atoms with Crippen LogP contribution in [0.15, 0.2) is 24.9 Å². The largest absolute Gasteiger partial charge is 0.338 e. The molecule has 1 saturated heterocycles. The predicted octanol–water partition coefficient (Wildman–Crippen LogP) is 2.67.